The Morgan fingerprint density at radius 2 is 1.62 bits per heavy atom. The molecule has 0 aromatic heterocycles. The molecule has 0 heterocycles. The minimum atomic E-state index is 0. The Bertz CT molecular complexity index is 398. The van der Waals surface area contributed by atoms with E-state index in [1.807, 2.05) is 25.2 Å². The van der Waals surface area contributed by atoms with Crippen LogP contribution in [0, 0.1) is 0 Å². The van der Waals surface area contributed by atoms with Crippen molar-refractivity contribution in [3.63, 3.8) is 0 Å². The second-order valence-electron chi connectivity index (χ2n) is 2.76. The van der Waals surface area contributed by atoms with Gasteiger partial charge in [-0.15, -0.1) is 12.7 Å². The fraction of sp³-hybridized carbons (Fsp3) is 0.0909. The molecular formula is C11H10NZn+. The van der Waals surface area contributed by atoms with Crippen LogP contribution in [0.1, 0.15) is 0 Å². The summed E-state index contributed by atoms with van der Waals surface area (Å²) in [5.41, 5.74) is 1.04. The summed E-state index contributed by atoms with van der Waals surface area (Å²) in [5, 5.41) is 6.64. The third kappa shape index (κ3) is 2.08. The molecule has 0 aliphatic heterocycles. The van der Waals surface area contributed by atoms with Crippen molar-refractivity contribution in [3.8, 4) is 0 Å². The van der Waals surface area contributed by atoms with Crippen LogP contribution in [-0.2, 0) is 19.5 Å². The molecule has 0 N–H and O–H groups in total. The Hall–Kier alpha value is -0.877. The summed E-state index contributed by atoms with van der Waals surface area (Å²) >= 11 is 0. The summed E-state index contributed by atoms with van der Waals surface area (Å²) in [6, 6.07) is 14.5. The van der Waals surface area contributed by atoms with E-state index >= 15 is 0 Å². The third-order valence-electron chi connectivity index (χ3n) is 1.99. The summed E-state index contributed by atoms with van der Waals surface area (Å²) in [7, 11) is 1.81. The minimum absolute atomic E-state index is 0. The van der Waals surface area contributed by atoms with E-state index in [0.717, 1.165) is 5.69 Å². The van der Waals surface area contributed by atoms with E-state index in [0.29, 0.717) is 0 Å². The molecular weight excluding hydrogens is 212 g/mol. The average Bonchev–Trinajstić information content (AvgIpc) is 2.17. The van der Waals surface area contributed by atoms with Gasteiger partial charge in [-0.1, -0.05) is 42.5 Å². The molecule has 0 aliphatic rings. The van der Waals surface area contributed by atoms with Crippen LogP contribution in [0.4, 0.5) is 5.69 Å². The maximum absolute atomic E-state index is 4.12. The molecule has 2 aromatic rings. The fourth-order valence-electron chi connectivity index (χ4n) is 1.32. The van der Waals surface area contributed by atoms with Crippen molar-refractivity contribution in [2.24, 2.45) is 0 Å². The Balaban J connectivity index is 0.000000845. The molecule has 0 aliphatic carbocycles. The number of nitrogens with zero attached hydrogens (tertiary/aromatic N) is 1. The molecule has 0 unspecified atom stereocenters. The Labute approximate surface area is 90.9 Å². The largest absolute Gasteiger partial charge is 2.00 e. The zero-order valence-corrected chi connectivity index (χ0v) is 10.7. The van der Waals surface area contributed by atoms with Gasteiger partial charge in [0, 0.05) is 0 Å². The molecule has 2 aromatic carbocycles. The number of benzene rings is 2. The van der Waals surface area contributed by atoms with E-state index in [1.165, 1.54) is 10.8 Å². The molecule has 0 bridgehead atoms. The first-order valence-electron chi connectivity index (χ1n) is 3.99. The molecule has 60 valence electrons. The first kappa shape index (κ1) is 10.2. The monoisotopic (exact) mass is 220 g/mol. The average molecular weight is 222 g/mol. The fourth-order valence-corrected chi connectivity index (χ4v) is 1.32. The summed E-state index contributed by atoms with van der Waals surface area (Å²) in [6.45, 7) is 0. The normalized spacial score (nSPS) is 9.31. The van der Waals surface area contributed by atoms with Gasteiger partial charge < -0.3 is 5.32 Å². The van der Waals surface area contributed by atoms with Crippen LogP contribution in [0.5, 0.6) is 0 Å². The van der Waals surface area contributed by atoms with E-state index in [1.54, 1.807) is 0 Å². The number of hydrogen-bond acceptors (Lipinski definition) is 0. The molecule has 0 amide bonds. The molecule has 0 radical (unpaired) electrons. The van der Waals surface area contributed by atoms with E-state index in [4.69, 9.17) is 0 Å². The maximum Gasteiger partial charge on any atom is 2.00 e. The SMILES string of the molecule is C[N-]c1ccc2ccccc2c1.[Zn+2]. The summed E-state index contributed by atoms with van der Waals surface area (Å²) < 4.78 is 0. The van der Waals surface area contributed by atoms with Crippen LogP contribution in [-0.4, -0.2) is 7.05 Å². The molecule has 0 spiro atoms. The minimum Gasteiger partial charge on any atom is -0.687 e. The van der Waals surface area contributed by atoms with Gasteiger partial charge in [-0.05, 0) is 10.8 Å². The van der Waals surface area contributed by atoms with Crippen LogP contribution in [0.3, 0.4) is 0 Å². The summed E-state index contributed by atoms with van der Waals surface area (Å²) in [6.07, 6.45) is 0. The van der Waals surface area contributed by atoms with Crippen molar-refractivity contribution in [1.29, 1.82) is 0 Å². The predicted molar refractivity (Wildman–Crippen MR) is 52.9 cm³/mol. The second-order valence-corrected chi connectivity index (χ2v) is 2.76. The van der Waals surface area contributed by atoms with Gasteiger partial charge in [0.2, 0.25) is 0 Å². The van der Waals surface area contributed by atoms with E-state index < -0.39 is 0 Å². The number of fused-ring (bicyclic) bond motifs is 1. The van der Waals surface area contributed by atoms with Gasteiger partial charge in [0.05, 0.1) is 0 Å². The van der Waals surface area contributed by atoms with Gasteiger partial charge in [-0.2, -0.15) is 0 Å². The first-order valence-corrected chi connectivity index (χ1v) is 3.99. The van der Waals surface area contributed by atoms with Crippen LogP contribution >= 0.6 is 0 Å². The van der Waals surface area contributed by atoms with E-state index in [-0.39, 0.29) is 19.5 Å². The van der Waals surface area contributed by atoms with Gasteiger partial charge >= 0.3 is 19.5 Å². The second kappa shape index (κ2) is 4.39. The van der Waals surface area contributed by atoms with Crippen LogP contribution < -0.4 is 0 Å². The summed E-state index contributed by atoms with van der Waals surface area (Å²) in [4.78, 5) is 0. The van der Waals surface area contributed by atoms with Crippen LogP contribution in [0.15, 0.2) is 42.5 Å². The van der Waals surface area contributed by atoms with Crippen molar-refractivity contribution in [2.75, 3.05) is 7.05 Å². The van der Waals surface area contributed by atoms with Gasteiger partial charge in [0.15, 0.2) is 0 Å². The van der Waals surface area contributed by atoms with Gasteiger partial charge in [0.1, 0.15) is 0 Å². The number of hydrogen-bond donors (Lipinski definition) is 0. The van der Waals surface area contributed by atoms with E-state index in [9.17, 15) is 0 Å². The molecule has 0 atom stereocenters. The van der Waals surface area contributed by atoms with Crippen molar-refractivity contribution in [1.82, 2.24) is 0 Å². The third-order valence-corrected chi connectivity index (χ3v) is 1.99. The Morgan fingerprint density at radius 1 is 0.923 bits per heavy atom. The molecule has 2 rings (SSSR count). The first-order chi connectivity index (χ1) is 5.90. The standard InChI is InChI=1S/C11H10N.Zn/c1-12-11-7-6-9-4-2-3-5-10(9)8-11;/h2-8H,1H3;/q-1;+2. The molecule has 0 fully saturated rings. The molecule has 0 saturated carbocycles. The quantitative estimate of drug-likeness (QED) is 0.655. The van der Waals surface area contributed by atoms with Crippen molar-refractivity contribution in [2.45, 2.75) is 0 Å². The molecule has 1 nitrogen and oxygen atoms in total. The van der Waals surface area contributed by atoms with E-state index in [2.05, 4.69) is 29.6 Å². The smallest absolute Gasteiger partial charge is 0.687 e. The zero-order chi connectivity index (χ0) is 8.39. The summed E-state index contributed by atoms with van der Waals surface area (Å²) in [5.74, 6) is 0. The number of rotatable bonds is 1. The van der Waals surface area contributed by atoms with Crippen molar-refractivity contribution in [3.05, 3.63) is 47.8 Å². The van der Waals surface area contributed by atoms with Gasteiger partial charge in [-0.3, -0.25) is 0 Å². The Morgan fingerprint density at radius 3 is 2.31 bits per heavy atom. The van der Waals surface area contributed by atoms with Crippen LogP contribution in [0.2, 0.25) is 0 Å². The zero-order valence-electron chi connectivity index (χ0n) is 7.70. The molecule has 2 heteroatoms. The molecule has 0 saturated heterocycles. The topological polar surface area (TPSA) is 14.1 Å². The predicted octanol–water partition coefficient (Wildman–Crippen LogP) is 3.47. The van der Waals surface area contributed by atoms with Gasteiger partial charge in [0.25, 0.3) is 0 Å². The Kier molecular flexibility index (Phi) is 3.44. The maximum atomic E-state index is 4.12. The van der Waals surface area contributed by atoms with Crippen molar-refractivity contribution >= 4 is 16.5 Å². The van der Waals surface area contributed by atoms with Gasteiger partial charge in [-0.25, -0.2) is 0 Å². The van der Waals surface area contributed by atoms with Crippen molar-refractivity contribution < 1.29 is 19.5 Å². The molecule has 13 heavy (non-hydrogen) atoms. The van der Waals surface area contributed by atoms with Crippen LogP contribution in [0.25, 0.3) is 16.1 Å².